The van der Waals surface area contributed by atoms with Crippen LogP contribution in [-0.4, -0.2) is 12.0 Å². The van der Waals surface area contributed by atoms with E-state index in [0.29, 0.717) is 10.0 Å². The largest absolute Gasteiger partial charge is 0.313 e. The zero-order valence-electron chi connectivity index (χ0n) is 11.0. The maximum absolute atomic E-state index is 6.27. The van der Waals surface area contributed by atoms with Gasteiger partial charge in [0.2, 0.25) is 0 Å². The van der Waals surface area contributed by atoms with E-state index in [1.54, 1.807) is 6.07 Å². The van der Waals surface area contributed by atoms with Gasteiger partial charge in [0.25, 0.3) is 0 Å². The van der Waals surface area contributed by atoms with E-state index in [0.717, 1.165) is 23.2 Å². The van der Waals surface area contributed by atoms with Gasteiger partial charge in [-0.05, 0) is 37.2 Å². The first-order valence-corrected chi connectivity index (χ1v) is 6.90. The number of rotatable bonds is 4. The number of nitrogens with one attached hydrogen (secondary N) is 1. The van der Waals surface area contributed by atoms with Crippen LogP contribution in [0.4, 0.5) is 0 Å². The molecule has 0 fully saturated rings. The number of halogens is 2. The molecule has 4 heteroatoms. The molecule has 0 bridgehead atoms. The summed E-state index contributed by atoms with van der Waals surface area (Å²) in [7, 11) is 1.91. The van der Waals surface area contributed by atoms with Gasteiger partial charge in [-0.15, -0.1) is 0 Å². The van der Waals surface area contributed by atoms with E-state index >= 15 is 0 Å². The average molecular weight is 295 g/mol. The fraction of sp³-hybridized carbons (Fsp3) is 0.267. The molecule has 1 aromatic heterocycles. The van der Waals surface area contributed by atoms with Crippen LogP contribution in [0.5, 0.6) is 0 Å². The maximum Gasteiger partial charge on any atom is 0.0640 e. The van der Waals surface area contributed by atoms with Crippen molar-refractivity contribution in [2.75, 3.05) is 7.05 Å². The molecular formula is C15H16Cl2N2. The second kappa shape index (κ2) is 6.38. The molecule has 1 heterocycles. The Kier molecular flexibility index (Phi) is 4.81. The highest BCUT2D eigenvalue weighted by atomic mass is 35.5. The lowest BCUT2D eigenvalue weighted by molar-refractivity contribution is 0.584. The van der Waals surface area contributed by atoms with Crippen LogP contribution in [0.15, 0.2) is 36.5 Å². The second-order valence-electron chi connectivity index (χ2n) is 4.52. The van der Waals surface area contributed by atoms with Crippen molar-refractivity contribution in [2.24, 2.45) is 0 Å². The maximum atomic E-state index is 6.27. The standard InChI is InChI=1S/C15H16Cl2N2/c1-10-6-7-11(19-9-10)8-14(18-2)12-4-3-5-13(16)15(12)17/h3-7,9,14,18H,8H2,1-2H3. The first-order chi connectivity index (χ1) is 9.11. The van der Waals surface area contributed by atoms with E-state index in [-0.39, 0.29) is 6.04 Å². The Balaban J connectivity index is 2.25. The van der Waals surface area contributed by atoms with E-state index in [2.05, 4.69) is 16.4 Å². The number of pyridine rings is 1. The molecule has 0 aliphatic rings. The van der Waals surface area contributed by atoms with E-state index in [4.69, 9.17) is 23.2 Å². The average Bonchev–Trinajstić information content (AvgIpc) is 2.42. The van der Waals surface area contributed by atoms with Crippen molar-refractivity contribution < 1.29 is 0 Å². The molecule has 1 atom stereocenters. The van der Waals surface area contributed by atoms with Crippen molar-refractivity contribution in [1.82, 2.24) is 10.3 Å². The van der Waals surface area contributed by atoms with Crippen LogP contribution < -0.4 is 5.32 Å². The molecule has 0 amide bonds. The van der Waals surface area contributed by atoms with Crippen LogP contribution in [-0.2, 0) is 6.42 Å². The molecule has 0 saturated carbocycles. The predicted molar refractivity (Wildman–Crippen MR) is 80.9 cm³/mol. The first-order valence-electron chi connectivity index (χ1n) is 6.14. The summed E-state index contributed by atoms with van der Waals surface area (Å²) in [6.07, 6.45) is 2.65. The summed E-state index contributed by atoms with van der Waals surface area (Å²) in [6.45, 7) is 2.03. The van der Waals surface area contributed by atoms with Gasteiger partial charge in [-0.2, -0.15) is 0 Å². The Labute approximate surface area is 123 Å². The van der Waals surface area contributed by atoms with Crippen LogP contribution in [0.25, 0.3) is 0 Å². The summed E-state index contributed by atoms with van der Waals surface area (Å²) in [5.41, 5.74) is 3.19. The molecule has 0 saturated heterocycles. The lowest BCUT2D eigenvalue weighted by atomic mass is 10.0. The molecule has 1 aromatic carbocycles. The Hall–Kier alpha value is -1.09. The van der Waals surface area contributed by atoms with Gasteiger partial charge in [-0.1, -0.05) is 41.4 Å². The number of aromatic nitrogens is 1. The van der Waals surface area contributed by atoms with Crippen molar-refractivity contribution >= 4 is 23.2 Å². The van der Waals surface area contributed by atoms with Gasteiger partial charge in [0.05, 0.1) is 10.0 Å². The third-order valence-electron chi connectivity index (χ3n) is 3.09. The Morgan fingerprint density at radius 1 is 1.21 bits per heavy atom. The topological polar surface area (TPSA) is 24.9 Å². The minimum atomic E-state index is 0.0985. The summed E-state index contributed by atoms with van der Waals surface area (Å²) in [6, 6.07) is 9.90. The molecule has 0 aliphatic carbocycles. The molecule has 0 radical (unpaired) electrons. The molecule has 2 nitrogen and oxygen atoms in total. The summed E-state index contributed by atoms with van der Waals surface area (Å²) in [4.78, 5) is 4.43. The monoisotopic (exact) mass is 294 g/mol. The molecular weight excluding hydrogens is 279 g/mol. The second-order valence-corrected chi connectivity index (χ2v) is 5.30. The van der Waals surface area contributed by atoms with E-state index < -0.39 is 0 Å². The molecule has 2 aromatic rings. The third-order valence-corrected chi connectivity index (χ3v) is 3.92. The molecule has 0 spiro atoms. The quantitative estimate of drug-likeness (QED) is 0.914. The van der Waals surface area contributed by atoms with E-state index in [1.165, 1.54) is 0 Å². The van der Waals surface area contributed by atoms with Gasteiger partial charge < -0.3 is 5.32 Å². The fourth-order valence-corrected chi connectivity index (χ4v) is 2.42. The predicted octanol–water partition coefficient (Wildman–Crippen LogP) is 4.20. The number of nitrogens with zero attached hydrogens (tertiary/aromatic N) is 1. The highest BCUT2D eigenvalue weighted by Crippen LogP contribution is 2.31. The lowest BCUT2D eigenvalue weighted by Gasteiger charge is -2.18. The number of hydrogen-bond acceptors (Lipinski definition) is 2. The van der Waals surface area contributed by atoms with Crippen molar-refractivity contribution in [3.63, 3.8) is 0 Å². The van der Waals surface area contributed by atoms with Gasteiger partial charge in [0, 0.05) is 24.4 Å². The zero-order valence-corrected chi connectivity index (χ0v) is 12.5. The number of hydrogen-bond donors (Lipinski definition) is 1. The van der Waals surface area contributed by atoms with Crippen molar-refractivity contribution in [3.8, 4) is 0 Å². The normalized spacial score (nSPS) is 12.4. The Morgan fingerprint density at radius 3 is 2.63 bits per heavy atom. The molecule has 0 aliphatic heterocycles. The summed E-state index contributed by atoms with van der Waals surface area (Å²) in [5, 5.41) is 4.45. The summed E-state index contributed by atoms with van der Waals surface area (Å²) < 4.78 is 0. The molecule has 2 rings (SSSR count). The lowest BCUT2D eigenvalue weighted by Crippen LogP contribution is -2.19. The highest BCUT2D eigenvalue weighted by Gasteiger charge is 2.15. The van der Waals surface area contributed by atoms with E-state index in [9.17, 15) is 0 Å². The van der Waals surface area contributed by atoms with Crippen LogP contribution in [0.2, 0.25) is 10.0 Å². The van der Waals surface area contributed by atoms with Gasteiger partial charge in [0.1, 0.15) is 0 Å². The van der Waals surface area contributed by atoms with Crippen molar-refractivity contribution in [3.05, 3.63) is 63.4 Å². The van der Waals surface area contributed by atoms with Gasteiger partial charge in [-0.3, -0.25) is 4.98 Å². The molecule has 1 unspecified atom stereocenters. The first kappa shape index (κ1) is 14.3. The van der Waals surface area contributed by atoms with Crippen LogP contribution in [0, 0.1) is 6.92 Å². The number of aryl methyl sites for hydroxylation is 1. The van der Waals surface area contributed by atoms with Crippen molar-refractivity contribution in [2.45, 2.75) is 19.4 Å². The van der Waals surface area contributed by atoms with Gasteiger partial charge in [-0.25, -0.2) is 0 Å². The highest BCUT2D eigenvalue weighted by molar-refractivity contribution is 6.42. The van der Waals surface area contributed by atoms with Crippen LogP contribution in [0.1, 0.15) is 22.9 Å². The molecule has 100 valence electrons. The number of benzene rings is 1. The Morgan fingerprint density at radius 2 is 2.00 bits per heavy atom. The molecule has 1 N–H and O–H groups in total. The van der Waals surface area contributed by atoms with Crippen LogP contribution in [0.3, 0.4) is 0 Å². The summed E-state index contributed by atoms with van der Waals surface area (Å²) >= 11 is 12.3. The number of likely N-dealkylation sites (N-methyl/N-ethyl adjacent to an activating group) is 1. The minimum absolute atomic E-state index is 0.0985. The summed E-state index contributed by atoms with van der Waals surface area (Å²) in [5.74, 6) is 0. The fourth-order valence-electron chi connectivity index (χ4n) is 1.99. The van der Waals surface area contributed by atoms with Crippen LogP contribution >= 0.6 is 23.2 Å². The zero-order chi connectivity index (χ0) is 13.8. The van der Waals surface area contributed by atoms with Gasteiger partial charge in [0.15, 0.2) is 0 Å². The molecule has 19 heavy (non-hydrogen) atoms. The SMILES string of the molecule is CNC(Cc1ccc(C)cn1)c1cccc(Cl)c1Cl. The Bertz CT molecular complexity index is 553. The smallest absolute Gasteiger partial charge is 0.0640 e. The van der Waals surface area contributed by atoms with Gasteiger partial charge >= 0.3 is 0 Å². The third kappa shape index (κ3) is 3.47. The van der Waals surface area contributed by atoms with Crippen molar-refractivity contribution in [1.29, 1.82) is 0 Å². The van der Waals surface area contributed by atoms with E-state index in [1.807, 2.05) is 38.4 Å². The minimum Gasteiger partial charge on any atom is -0.313 e.